The molecule has 2 unspecified atom stereocenters. The lowest BCUT2D eigenvalue weighted by molar-refractivity contribution is 0.0946. The number of rotatable bonds is 9. The molecule has 2 N–H and O–H groups in total. The first-order valence-electron chi connectivity index (χ1n) is 10.2. The first-order chi connectivity index (χ1) is 16.5. The molecule has 3 aromatic heterocycles. The molecule has 0 saturated heterocycles. The molecule has 0 aliphatic heterocycles. The van der Waals surface area contributed by atoms with Crippen molar-refractivity contribution in [3.8, 4) is 11.6 Å². The number of hydrogen-bond donors (Lipinski definition) is 2. The Hall–Kier alpha value is -3.51. The van der Waals surface area contributed by atoms with Gasteiger partial charge in [0.25, 0.3) is 5.91 Å². The topological polar surface area (TPSA) is 129 Å². The van der Waals surface area contributed by atoms with E-state index in [0.29, 0.717) is 29.3 Å². The average molecular weight is 495 g/mol. The number of benzene rings is 1. The minimum absolute atomic E-state index is 0.219. The first kappa shape index (κ1) is 23.6. The summed E-state index contributed by atoms with van der Waals surface area (Å²) >= 11 is -1.03. The van der Waals surface area contributed by atoms with Crippen LogP contribution in [0.4, 0.5) is 0 Å². The van der Waals surface area contributed by atoms with Crippen molar-refractivity contribution in [3.63, 3.8) is 0 Å². The van der Waals surface area contributed by atoms with Gasteiger partial charge in [0, 0.05) is 40.8 Å². The molecule has 1 aromatic carbocycles. The van der Waals surface area contributed by atoms with Crippen LogP contribution in [-0.2, 0) is 17.8 Å². The largest absolute Gasteiger partial charge is 0.760 e. The van der Waals surface area contributed by atoms with Crippen molar-refractivity contribution in [2.75, 3.05) is 0 Å². The van der Waals surface area contributed by atoms with Gasteiger partial charge in [0.15, 0.2) is 0 Å². The van der Waals surface area contributed by atoms with Crippen molar-refractivity contribution in [2.24, 2.45) is 0 Å². The molecular formula is C23H20N5O4S2-. The van der Waals surface area contributed by atoms with Crippen LogP contribution in [0.5, 0.6) is 11.6 Å². The number of thiazole rings is 1. The summed E-state index contributed by atoms with van der Waals surface area (Å²) in [6.07, 6.45) is 4.71. The van der Waals surface area contributed by atoms with E-state index in [1.807, 2.05) is 37.3 Å². The zero-order valence-corrected chi connectivity index (χ0v) is 19.6. The highest BCUT2D eigenvalue weighted by Crippen LogP contribution is 2.25. The maximum Gasteiger partial charge on any atom is 0.270 e. The fourth-order valence-electron chi connectivity index (χ4n) is 3.11. The molecule has 0 fully saturated rings. The summed E-state index contributed by atoms with van der Waals surface area (Å²) in [5.41, 5.74) is 1.36. The van der Waals surface area contributed by atoms with E-state index in [2.05, 4.69) is 25.0 Å². The molecule has 11 heteroatoms. The first-order valence-corrected chi connectivity index (χ1v) is 12.1. The van der Waals surface area contributed by atoms with Crippen LogP contribution in [0.2, 0.25) is 0 Å². The number of hydrogen-bond acceptors (Lipinski definition) is 8. The minimum Gasteiger partial charge on any atom is -0.760 e. The minimum atomic E-state index is -2.54. The Morgan fingerprint density at radius 2 is 1.76 bits per heavy atom. The SMILES string of the molecule is Cc1ncc(CNC(=O)c2ccc(C(NS(=O)[O-])c3ccc(Oc4ccccc4)nc3)cn2)s1. The Bertz CT molecular complexity index is 1260. The number of ether oxygens (including phenoxy) is 1. The summed E-state index contributed by atoms with van der Waals surface area (Å²) in [6.45, 7) is 2.26. The van der Waals surface area contributed by atoms with Crippen molar-refractivity contribution in [3.05, 3.63) is 99.9 Å². The number of nitrogens with one attached hydrogen (secondary N) is 2. The van der Waals surface area contributed by atoms with E-state index in [9.17, 15) is 13.6 Å². The standard InChI is InChI=1S/C23H21N5O4S2/c1-15-24-13-19(33-15)14-27-23(29)20-9-7-16(11-25-20)22(28-34(30)31)17-8-10-21(26-12-17)32-18-5-3-2-4-6-18/h2-13,22,28H,14H2,1H3,(H,27,29)(H,30,31)/p-1. The summed E-state index contributed by atoms with van der Waals surface area (Å²) in [5, 5.41) is 3.72. The van der Waals surface area contributed by atoms with Crippen LogP contribution in [-0.4, -0.2) is 29.6 Å². The van der Waals surface area contributed by atoms with E-state index >= 15 is 0 Å². The number of aryl methyl sites for hydroxylation is 1. The smallest absolute Gasteiger partial charge is 0.270 e. The van der Waals surface area contributed by atoms with Gasteiger partial charge in [-0.2, -0.15) is 0 Å². The third-order valence-electron chi connectivity index (χ3n) is 4.72. The highest BCUT2D eigenvalue weighted by Gasteiger charge is 2.17. The van der Waals surface area contributed by atoms with Gasteiger partial charge in [-0.1, -0.05) is 30.3 Å². The van der Waals surface area contributed by atoms with Gasteiger partial charge < -0.3 is 14.6 Å². The van der Waals surface area contributed by atoms with Gasteiger partial charge in [-0.3, -0.25) is 14.0 Å². The van der Waals surface area contributed by atoms with Gasteiger partial charge in [-0.15, -0.1) is 11.3 Å². The number of aromatic nitrogens is 3. The number of pyridine rings is 2. The molecule has 2 atom stereocenters. The van der Waals surface area contributed by atoms with Crippen molar-refractivity contribution in [1.29, 1.82) is 0 Å². The predicted molar refractivity (Wildman–Crippen MR) is 127 cm³/mol. The lowest BCUT2D eigenvalue weighted by atomic mass is 10.0. The summed E-state index contributed by atoms with van der Waals surface area (Å²) in [4.78, 5) is 26.0. The number of carbonyl (C=O) groups is 1. The molecule has 34 heavy (non-hydrogen) atoms. The third kappa shape index (κ3) is 6.29. The van der Waals surface area contributed by atoms with Crippen LogP contribution in [0.15, 0.2) is 73.2 Å². The highest BCUT2D eigenvalue weighted by molar-refractivity contribution is 7.77. The number of nitrogens with zero attached hydrogens (tertiary/aromatic N) is 3. The molecule has 0 aliphatic carbocycles. The lowest BCUT2D eigenvalue weighted by Crippen LogP contribution is -2.26. The predicted octanol–water partition coefficient (Wildman–Crippen LogP) is 3.44. The van der Waals surface area contributed by atoms with Crippen LogP contribution in [0.3, 0.4) is 0 Å². The molecule has 3 heterocycles. The fraction of sp³-hybridized carbons (Fsp3) is 0.130. The summed E-state index contributed by atoms with van der Waals surface area (Å²) < 4.78 is 31.0. The zero-order valence-electron chi connectivity index (χ0n) is 18.0. The van der Waals surface area contributed by atoms with E-state index < -0.39 is 17.3 Å². The van der Waals surface area contributed by atoms with Crippen LogP contribution in [0, 0.1) is 6.92 Å². The normalized spacial score (nSPS) is 12.6. The molecule has 0 aliphatic rings. The van der Waals surface area contributed by atoms with Crippen LogP contribution >= 0.6 is 11.3 Å². The van der Waals surface area contributed by atoms with Crippen LogP contribution in [0.1, 0.15) is 37.5 Å². The maximum absolute atomic E-state index is 12.4. The Balaban J connectivity index is 1.46. The van der Waals surface area contributed by atoms with Crippen LogP contribution < -0.4 is 14.8 Å². The second kappa shape index (κ2) is 11.1. The Labute approximate surface area is 202 Å². The maximum atomic E-state index is 12.4. The number of para-hydroxylation sites is 1. The molecule has 0 spiro atoms. The monoisotopic (exact) mass is 494 g/mol. The van der Waals surface area contributed by atoms with E-state index in [1.54, 1.807) is 30.5 Å². The average Bonchev–Trinajstić information content (AvgIpc) is 3.27. The molecule has 0 radical (unpaired) electrons. The van der Waals surface area contributed by atoms with Gasteiger partial charge >= 0.3 is 0 Å². The molecule has 1 amide bonds. The van der Waals surface area contributed by atoms with E-state index in [-0.39, 0.29) is 11.6 Å². The Morgan fingerprint density at radius 3 is 2.35 bits per heavy atom. The fourth-order valence-corrected chi connectivity index (χ4v) is 4.31. The van der Waals surface area contributed by atoms with E-state index in [4.69, 9.17) is 4.74 Å². The molecule has 9 nitrogen and oxygen atoms in total. The van der Waals surface area contributed by atoms with Crippen LogP contribution in [0.25, 0.3) is 0 Å². The van der Waals surface area contributed by atoms with Crippen molar-refractivity contribution < 1.29 is 18.3 Å². The van der Waals surface area contributed by atoms with E-state index in [1.165, 1.54) is 23.7 Å². The summed E-state index contributed by atoms with van der Waals surface area (Å²) in [6, 6.07) is 15.0. The Kier molecular flexibility index (Phi) is 7.70. The van der Waals surface area contributed by atoms with Gasteiger partial charge in [0.1, 0.15) is 11.4 Å². The van der Waals surface area contributed by atoms with Crippen molar-refractivity contribution in [2.45, 2.75) is 19.5 Å². The zero-order chi connectivity index (χ0) is 23.9. The molecular weight excluding hydrogens is 474 g/mol. The number of carbonyl (C=O) groups excluding carboxylic acids is 1. The van der Waals surface area contributed by atoms with Gasteiger partial charge in [0.05, 0.1) is 17.6 Å². The second-order valence-electron chi connectivity index (χ2n) is 7.14. The molecule has 4 rings (SSSR count). The van der Waals surface area contributed by atoms with Gasteiger partial charge in [-0.25, -0.2) is 14.7 Å². The van der Waals surface area contributed by atoms with Gasteiger partial charge in [-0.05, 0) is 36.2 Å². The third-order valence-corrected chi connectivity index (χ3v) is 6.06. The van der Waals surface area contributed by atoms with Crippen molar-refractivity contribution >= 4 is 28.5 Å². The van der Waals surface area contributed by atoms with E-state index in [0.717, 1.165) is 9.88 Å². The second-order valence-corrected chi connectivity index (χ2v) is 9.16. The molecule has 0 bridgehead atoms. The highest BCUT2D eigenvalue weighted by atomic mass is 32.2. The molecule has 4 aromatic rings. The van der Waals surface area contributed by atoms with Gasteiger partial charge in [0.2, 0.25) is 5.88 Å². The summed E-state index contributed by atoms with van der Waals surface area (Å²) in [5.74, 6) is 0.679. The molecule has 174 valence electrons. The Morgan fingerprint density at radius 1 is 1.03 bits per heavy atom. The number of amides is 1. The lowest BCUT2D eigenvalue weighted by Gasteiger charge is -2.20. The quantitative estimate of drug-likeness (QED) is 0.341. The van der Waals surface area contributed by atoms with Crippen molar-refractivity contribution in [1.82, 2.24) is 25.0 Å². The summed E-state index contributed by atoms with van der Waals surface area (Å²) in [7, 11) is 0. The molecule has 0 saturated carbocycles.